The average molecular weight is 373 g/mol. The summed E-state index contributed by atoms with van der Waals surface area (Å²) in [7, 11) is 0. The molecule has 0 fully saturated rings. The SMILES string of the molecule is Cc1cc([N+](=O)[O-])cc([N+](=O)[O-])c1O.[K+].[O-][n+]1onc2ccccc21. The smallest absolute Gasteiger partial charge is 0.502 e. The van der Waals surface area contributed by atoms with Crippen LogP contribution in [0.15, 0.2) is 41.0 Å². The van der Waals surface area contributed by atoms with E-state index < -0.39 is 27.0 Å². The Morgan fingerprint density at radius 1 is 1.16 bits per heavy atom. The van der Waals surface area contributed by atoms with Crippen LogP contribution in [0.2, 0.25) is 0 Å². The van der Waals surface area contributed by atoms with Crippen LogP contribution >= 0.6 is 0 Å². The van der Waals surface area contributed by atoms with Crippen molar-refractivity contribution in [3.63, 3.8) is 0 Å². The van der Waals surface area contributed by atoms with Crippen molar-refractivity contribution in [3.05, 3.63) is 67.4 Å². The predicted octanol–water partition coefficient (Wildman–Crippen LogP) is -1.02. The van der Waals surface area contributed by atoms with Crippen LogP contribution in [0.4, 0.5) is 11.4 Å². The van der Waals surface area contributed by atoms with Gasteiger partial charge < -0.3 is 10.3 Å². The van der Waals surface area contributed by atoms with Crippen LogP contribution in [0.25, 0.3) is 11.0 Å². The molecule has 12 heteroatoms. The van der Waals surface area contributed by atoms with Crippen molar-refractivity contribution < 1.29 is 75.9 Å². The van der Waals surface area contributed by atoms with Gasteiger partial charge in [0.25, 0.3) is 5.69 Å². The number of aromatic nitrogens is 2. The molecule has 0 aliphatic carbocycles. The average Bonchev–Trinajstić information content (AvgIpc) is 2.92. The molecule has 0 aliphatic heterocycles. The summed E-state index contributed by atoms with van der Waals surface area (Å²) in [6.07, 6.45) is 0. The second-order valence-electron chi connectivity index (χ2n) is 4.56. The molecule has 0 unspecified atom stereocenters. The number of nitro benzene ring substituents is 2. The molecule has 1 aromatic heterocycles. The fraction of sp³-hybridized carbons (Fsp3) is 0.0769. The number of fused-ring (bicyclic) bond motifs is 1. The Morgan fingerprint density at radius 2 is 1.80 bits per heavy atom. The van der Waals surface area contributed by atoms with Crippen LogP contribution in [0.1, 0.15) is 5.56 Å². The summed E-state index contributed by atoms with van der Waals surface area (Å²) in [5, 5.41) is 44.1. The predicted molar refractivity (Wildman–Crippen MR) is 79.1 cm³/mol. The van der Waals surface area contributed by atoms with Crippen molar-refractivity contribution >= 4 is 22.4 Å². The summed E-state index contributed by atoms with van der Waals surface area (Å²) in [5.41, 5.74) is 0.0783. The quantitative estimate of drug-likeness (QED) is 0.258. The largest absolute Gasteiger partial charge is 1.00 e. The zero-order valence-corrected chi connectivity index (χ0v) is 16.3. The van der Waals surface area contributed by atoms with E-state index in [4.69, 9.17) is 0 Å². The van der Waals surface area contributed by atoms with E-state index in [9.17, 15) is 30.5 Å². The third-order valence-corrected chi connectivity index (χ3v) is 2.96. The molecule has 0 amide bonds. The molecule has 0 aliphatic rings. The van der Waals surface area contributed by atoms with Gasteiger partial charge in [-0.05, 0) is 24.0 Å². The number of non-ortho nitro benzene ring substituents is 1. The normalized spacial score (nSPS) is 9.64. The molecule has 124 valence electrons. The molecule has 0 saturated heterocycles. The Hall–Kier alpha value is -2.12. The Balaban J connectivity index is 0.000000251. The molecule has 0 radical (unpaired) electrons. The van der Waals surface area contributed by atoms with Gasteiger partial charge in [-0.25, -0.2) is 0 Å². The van der Waals surface area contributed by atoms with Gasteiger partial charge >= 0.3 is 57.1 Å². The fourth-order valence-electron chi connectivity index (χ4n) is 1.81. The molecule has 25 heavy (non-hydrogen) atoms. The van der Waals surface area contributed by atoms with Crippen molar-refractivity contribution in [2.24, 2.45) is 0 Å². The zero-order valence-electron chi connectivity index (χ0n) is 13.1. The van der Waals surface area contributed by atoms with E-state index in [1.165, 1.54) is 6.92 Å². The number of nitro groups is 2. The Morgan fingerprint density at radius 3 is 2.36 bits per heavy atom. The number of phenols is 1. The number of para-hydroxylation sites is 1. The first-order chi connectivity index (χ1) is 11.3. The number of rotatable bonds is 2. The summed E-state index contributed by atoms with van der Waals surface area (Å²) in [4.78, 5) is 19.5. The summed E-state index contributed by atoms with van der Waals surface area (Å²) >= 11 is 0. The molecule has 0 atom stereocenters. The minimum Gasteiger partial charge on any atom is -0.502 e. The van der Waals surface area contributed by atoms with Crippen molar-refractivity contribution in [2.45, 2.75) is 6.92 Å². The number of aryl methyl sites for hydroxylation is 1. The van der Waals surface area contributed by atoms with E-state index in [0.717, 1.165) is 12.1 Å². The molecule has 3 aromatic rings. The van der Waals surface area contributed by atoms with Gasteiger partial charge in [0, 0.05) is 16.8 Å². The first-order valence-electron chi connectivity index (χ1n) is 6.38. The molecule has 3 rings (SSSR count). The van der Waals surface area contributed by atoms with Crippen LogP contribution in [0.3, 0.4) is 0 Å². The van der Waals surface area contributed by atoms with Crippen molar-refractivity contribution in [2.75, 3.05) is 0 Å². The molecule has 1 N–H and O–H groups in total. The number of hydrogen-bond acceptors (Lipinski definition) is 8. The summed E-state index contributed by atoms with van der Waals surface area (Å²) in [6, 6.07) is 8.72. The molecule has 11 nitrogen and oxygen atoms in total. The molecule has 0 saturated carbocycles. The van der Waals surface area contributed by atoms with Gasteiger partial charge in [0.2, 0.25) is 11.0 Å². The minimum atomic E-state index is -0.866. The van der Waals surface area contributed by atoms with E-state index in [1.54, 1.807) is 24.3 Å². The van der Waals surface area contributed by atoms with Crippen LogP contribution < -0.4 is 56.3 Å². The zero-order chi connectivity index (χ0) is 17.9. The molecule has 1 heterocycles. The van der Waals surface area contributed by atoms with Crippen molar-refractivity contribution in [1.82, 2.24) is 5.16 Å². The molecule has 2 aromatic carbocycles. The second kappa shape index (κ2) is 8.82. The van der Waals surface area contributed by atoms with Crippen molar-refractivity contribution in [3.8, 4) is 5.75 Å². The van der Waals surface area contributed by atoms with Crippen LogP contribution in [-0.2, 0) is 0 Å². The summed E-state index contributed by atoms with van der Waals surface area (Å²) < 4.78 is 4.33. The number of aromatic hydroxyl groups is 1. The standard InChI is InChI=1S/C7H6N2O5.C6H4N2O2.K/c1-4-2-5(8(11)12)3-6(7(4)10)9(13)14;9-8-6-4-2-1-3-5(6)7-10-8;/h2-3,10H,1H3;1-4H;/q;;+1. The monoisotopic (exact) mass is 373 g/mol. The molecule has 0 spiro atoms. The van der Waals surface area contributed by atoms with E-state index >= 15 is 0 Å². The third kappa shape index (κ3) is 4.93. The summed E-state index contributed by atoms with van der Waals surface area (Å²) in [6.45, 7) is 1.36. The van der Waals surface area contributed by atoms with E-state index in [1.807, 2.05) is 0 Å². The molecular weight excluding hydrogens is 363 g/mol. The van der Waals surface area contributed by atoms with Crippen LogP contribution in [0, 0.1) is 32.4 Å². The van der Waals surface area contributed by atoms with Crippen molar-refractivity contribution in [1.29, 1.82) is 0 Å². The molecular formula is C13H10KN4O7+. The number of benzene rings is 2. The van der Waals surface area contributed by atoms with E-state index in [-0.39, 0.29) is 56.9 Å². The van der Waals surface area contributed by atoms with Gasteiger partial charge in [0.1, 0.15) is 0 Å². The Labute approximate surface area is 182 Å². The topological polar surface area (TPSA) is 159 Å². The van der Waals surface area contributed by atoms with Gasteiger partial charge in [-0.3, -0.25) is 24.9 Å². The van der Waals surface area contributed by atoms with Gasteiger partial charge in [0.05, 0.1) is 15.9 Å². The summed E-state index contributed by atoms with van der Waals surface area (Å²) in [5.74, 6) is -0.541. The maximum atomic E-state index is 10.7. The number of phenolic OH excluding ortho intramolecular Hbond substituents is 1. The third-order valence-electron chi connectivity index (χ3n) is 2.96. The van der Waals surface area contributed by atoms with Gasteiger partial charge in [0.15, 0.2) is 5.75 Å². The molecule has 0 bridgehead atoms. The first kappa shape index (κ1) is 20.9. The number of hydrogen-bond donors (Lipinski definition) is 1. The Kier molecular flexibility index (Phi) is 7.38. The van der Waals surface area contributed by atoms with Gasteiger partial charge in [-0.15, -0.1) is 0 Å². The first-order valence-corrected chi connectivity index (χ1v) is 6.38. The second-order valence-corrected chi connectivity index (χ2v) is 4.56. The van der Waals surface area contributed by atoms with Crippen LogP contribution in [-0.4, -0.2) is 20.1 Å². The maximum absolute atomic E-state index is 10.7. The van der Waals surface area contributed by atoms with Gasteiger partial charge in [-0.1, -0.05) is 12.1 Å². The van der Waals surface area contributed by atoms with Gasteiger partial charge in [-0.2, -0.15) is 0 Å². The minimum absolute atomic E-state index is 0. The maximum Gasteiger partial charge on any atom is 1.00 e. The fourth-order valence-corrected chi connectivity index (χ4v) is 1.81. The van der Waals surface area contributed by atoms with E-state index in [0.29, 0.717) is 15.9 Å². The van der Waals surface area contributed by atoms with E-state index in [2.05, 4.69) is 9.79 Å². The Bertz CT molecular complexity index is 928. The number of nitrogens with zero attached hydrogens (tertiary/aromatic N) is 4. The van der Waals surface area contributed by atoms with Crippen LogP contribution in [0.5, 0.6) is 5.75 Å².